The van der Waals surface area contributed by atoms with Gasteiger partial charge in [-0.15, -0.1) is 0 Å². The Bertz CT molecular complexity index is 1640. The van der Waals surface area contributed by atoms with Crippen LogP contribution in [0, 0.1) is 23.4 Å². The summed E-state index contributed by atoms with van der Waals surface area (Å²) in [5.41, 5.74) is 0.423. The zero-order valence-electron chi connectivity index (χ0n) is 21.7. The van der Waals surface area contributed by atoms with Gasteiger partial charge in [-0.25, -0.2) is 36.5 Å². The maximum atomic E-state index is 16.0. The van der Waals surface area contributed by atoms with Gasteiger partial charge in [0.05, 0.1) is 35.2 Å². The minimum atomic E-state index is -4.64. The Morgan fingerprint density at radius 2 is 1.85 bits per heavy atom. The molecule has 1 aliphatic rings. The van der Waals surface area contributed by atoms with E-state index in [9.17, 15) is 17.2 Å². The van der Waals surface area contributed by atoms with Gasteiger partial charge in [0.15, 0.2) is 10.9 Å². The summed E-state index contributed by atoms with van der Waals surface area (Å²) in [7, 11) is -4.64. The second kappa shape index (κ2) is 11.5. The summed E-state index contributed by atoms with van der Waals surface area (Å²) in [5.74, 6) is -2.06. The fourth-order valence-electron chi connectivity index (χ4n) is 4.22. The van der Waals surface area contributed by atoms with Crippen LogP contribution in [0.5, 0.6) is 0 Å². The molecule has 0 amide bonds. The highest BCUT2D eigenvalue weighted by atomic mass is 32.2. The van der Waals surface area contributed by atoms with Crippen LogP contribution in [0.25, 0.3) is 21.8 Å². The molecule has 0 aliphatic carbocycles. The number of nitrogens with one attached hydrogen (secondary N) is 1. The molecule has 3 heterocycles. The fourth-order valence-corrected chi connectivity index (χ4v) is 6.47. The predicted molar refractivity (Wildman–Crippen MR) is 147 cm³/mol. The molecule has 2 aromatic heterocycles. The summed E-state index contributed by atoms with van der Waals surface area (Å²) in [6.07, 6.45) is 2.30. The minimum absolute atomic E-state index is 0.0229. The molecule has 0 saturated carbocycles. The summed E-state index contributed by atoms with van der Waals surface area (Å²) in [6, 6.07) is 7.89. The van der Waals surface area contributed by atoms with Crippen LogP contribution in [-0.4, -0.2) is 49.7 Å². The lowest BCUT2D eigenvalue weighted by atomic mass is 10.1. The molecule has 5 rings (SSSR count). The smallest absolute Gasteiger partial charge is 0.265 e. The van der Waals surface area contributed by atoms with Crippen molar-refractivity contribution in [3.05, 3.63) is 71.9 Å². The number of hydrogen-bond acceptors (Lipinski definition) is 8. The number of hydrogen-bond donors (Lipinski definition) is 1. The zero-order valence-corrected chi connectivity index (χ0v) is 23.3. The molecule has 4 aromatic rings. The van der Waals surface area contributed by atoms with Gasteiger partial charge in [0.2, 0.25) is 0 Å². The predicted octanol–water partition coefficient (Wildman–Crippen LogP) is 5.52. The number of rotatable bonds is 8. The summed E-state index contributed by atoms with van der Waals surface area (Å²) in [6.45, 7) is 6.38. The molecule has 2 aromatic carbocycles. The first-order valence-electron chi connectivity index (χ1n) is 12.5. The van der Waals surface area contributed by atoms with Gasteiger partial charge in [-0.05, 0) is 42.3 Å². The van der Waals surface area contributed by atoms with Crippen LogP contribution >= 0.6 is 11.3 Å². The molecule has 1 N–H and O–H groups in total. The van der Waals surface area contributed by atoms with Gasteiger partial charge in [0.1, 0.15) is 22.4 Å². The fraction of sp³-hybridized carbons (Fsp3) is 0.296. The highest BCUT2D eigenvalue weighted by molar-refractivity contribution is 7.92. The van der Waals surface area contributed by atoms with Crippen molar-refractivity contribution in [1.82, 2.24) is 15.0 Å². The van der Waals surface area contributed by atoms with E-state index in [1.807, 2.05) is 4.90 Å². The van der Waals surface area contributed by atoms with E-state index in [0.29, 0.717) is 72.3 Å². The topological polar surface area (TPSA) is 97.3 Å². The van der Waals surface area contributed by atoms with Gasteiger partial charge in [-0.3, -0.25) is 4.72 Å². The Labute approximate surface area is 233 Å². The molecular weight excluding hydrogens is 563 g/mol. The van der Waals surface area contributed by atoms with E-state index >= 15 is 4.39 Å². The first-order chi connectivity index (χ1) is 19.1. The average Bonchev–Trinajstić information content (AvgIpc) is 3.37. The summed E-state index contributed by atoms with van der Waals surface area (Å²) in [4.78, 5) is 15.5. The maximum absolute atomic E-state index is 16.0. The van der Waals surface area contributed by atoms with Gasteiger partial charge in [0.25, 0.3) is 10.0 Å². The van der Waals surface area contributed by atoms with Crippen molar-refractivity contribution < 1.29 is 26.3 Å². The van der Waals surface area contributed by atoms with Gasteiger partial charge >= 0.3 is 0 Å². The number of sulfonamides is 1. The molecule has 1 saturated heterocycles. The number of anilines is 2. The van der Waals surface area contributed by atoms with Crippen LogP contribution in [0.3, 0.4) is 0 Å². The Hall–Kier alpha value is -3.55. The quantitative estimate of drug-likeness (QED) is 0.289. The van der Waals surface area contributed by atoms with Crippen molar-refractivity contribution in [3.8, 4) is 21.8 Å². The van der Waals surface area contributed by atoms with Crippen molar-refractivity contribution in [2.75, 3.05) is 35.9 Å². The molecule has 1 aliphatic heterocycles. The average molecular weight is 590 g/mol. The van der Waals surface area contributed by atoms with Gasteiger partial charge in [-0.2, -0.15) is 0 Å². The molecule has 0 bridgehead atoms. The number of aromatic nitrogens is 3. The summed E-state index contributed by atoms with van der Waals surface area (Å²) >= 11 is 1.34. The molecular formula is C27H26F3N5O3S2. The Balaban J connectivity index is 1.59. The first-order valence-corrected chi connectivity index (χ1v) is 14.8. The van der Waals surface area contributed by atoms with Gasteiger partial charge < -0.3 is 9.64 Å². The van der Waals surface area contributed by atoms with Crippen molar-refractivity contribution in [2.24, 2.45) is 5.92 Å². The van der Waals surface area contributed by atoms with Crippen LogP contribution in [-0.2, 0) is 21.2 Å². The minimum Gasteiger partial charge on any atom is -0.378 e. The number of ether oxygens (including phenoxy) is 1. The van der Waals surface area contributed by atoms with Crippen LogP contribution in [0.2, 0.25) is 0 Å². The molecule has 210 valence electrons. The third-order valence-corrected chi connectivity index (χ3v) is 8.63. The standard InChI is InChI=1S/C27H26F3N5O3S2/c1-16(2)14-23-31-9-8-21(32-23)26-25(33-27(39-26)35-10-12-38-13-11-35)18-4-3-5-20(24(18)30)34-40(36,37)22-15-17(28)6-7-19(22)29/h3-9,15-16,34H,10-14H2,1-2H3. The van der Waals surface area contributed by atoms with Crippen molar-refractivity contribution in [2.45, 2.75) is 25.2 Å². The highest BCUT2D eigenvalue weighted by Gasteiger charge is 2.26. The summed E-state index contributed by atoms with van der Waals surface area (Å²) < 4.78 is 77.1. The molecule has 0 atom stereocenters. The van der Waals surface area contributed by atoms with E-state index in [2.05, 4.69) is 23.6 Å². The zero-order chi connectivity index (χ0) is 28.4. The third-order valence-electron chi connectivity index (χ3n) is 6.11. The van der Waals surface area contributed by atoms with E-state index in [1.165, 1.54) is 29.5 Å². The van der Waals surface area contributed by atoms with E-state index in [4.69, 9.17) is 14.7 Å². The van der Waals surface area contributed by atoms with Crippen molar-refractivity contribution in [3.63, 3.8) is 0 Å². The second-order valence-corrected chi connectivity index (χ2v) is 12.2. The Kier molecular flexibility index (Phi) is 8.06. The maximum Gasteiger partial charge on any atom is 0.265 e. The molecule has 0 spiro atoms. The molecule has 1 fully saturated rings. The van der Waals surface area contributed by atoms with Crippen LogP contribution < -0.4 is 9.62 Å². The number of thiazole rings is 1. The molecule has 0 radical (unpaired) electrons. The van der Waals surface area contributed by atoms with Crippen LogP contribution in [0.15, 0.2) is 53.6 Å². The monoisotopic (exact) mass is 589 g/mol. The highest BCUT2D eigenvalue weighted by Crippen LogP contribution is 2.42. The van der Waals surface area contributed by atoms with Crippen LogP contribution in [0.1, 0.15) is 19.7 Å². The lowest BCUT2D eigenvalue weighted by Gasteiger charge is -2.26. The number of morpholine rings is 1. The SMILES string of the molecule is CC(C)Cc1nccc(-c2sc(N3CCOCC3)nc2-c2cccc(NS(=O)(=O)c3cc(F)ccc3F)c2F)n1. The lowest BCUT2D eigenvalue weighted by Crippen LogP contribution is -2.36. The molecule has 13 heteroatoms. The normalized spacial score (nSPS) is 14.1. The van der Waals surface area contributed by atoms with Crippen molar-refractivity contribution in [1.29, 1.82) is 0 Å². The molecule has 40 heavy (non-hydrogen) atoms. The Morgan fingerprint density at radius 1 is 1.07 bits per heavy atom. The van der Waals surface area contributed by atoms with Gasteiger partial charge in [-0.1, -0.05) is 31.3 Å². The first kappa shape index (κ1) is 28.0. The number of benzene rings is 2. The van der Waals surface area contributed by atoms with E-state index in [-0.39, 0.29) is 11.3 Å². The van der Waals surface area contributed by atoms with E-state index in [1.54, 1.807) is 12.3 Å². The third kappa shape index (κ3) is 5.96. The molecule has 8 nitrogen and oxygen atoms in total. The second-order valence-electron chi connectivity index (χ2n) is 9.58. The van der Waals surface area contributed by atoms with E-state index < -0.39 is 38.1 Å². The lowest BCUT2D eigenvalue weighted by molar-refractivity contribution is 0.122. The summed E-state index contributed by atoms with van der Waals surface area (Å²) in [5, 5.41) is 0.643. The largest absolute Gasteiger partial charge is 0.378 e. The number of halogens is 3. The van der Waals surface area contributed by atoms with Crippen LogP contribution in [0.4, 0.5) is 24.0 Å². The van der Waals surface area contributed by atoms with Gasteiger partial charge in [0, 0.05) is 31.3 Å². The van der Waals surface area contributed by atoms with Crippen molar-refractivity contribution >= 4 is 32.2 Å². The molecule has 0 unspecified atom stereocenters. The number of nitrogens with zero attached hydrogens (tertiary/aromatic N) is 4. The Morgan fingerprint density at radius 3 is 2.60 bits per heavy atom. The van der Waals surface area contributed by atoms with E-state index in [0.717, 1.165) is 6.07 Å².